The van der Waals surface area contributed by atoms with Crippen LogP contribution in [0.5, 0.6) is 0 Å². The monoisotopic (exact) mass is 505 g/mol. The number of rotatable bonds is 8. The lowest BCUT2D eigenvalue weighted by atomic mass is 9.82. The number of aromatic amines is 1. The molecule has 5 rings (SSSR count). The molecule has 1 N–H and O–H groups in total. The number of Topliss-reactive ketones (excluding diaryl/α,β-unsaturated/α-hetero) is 1. The second-order valence-corrected chi connectivity index (χ2v) is 10.4. The maximum Gasteiger partial charge on any atom is 0.280 e. The number of pyridine rings is 1. The number of thiophene rings is 1. The number of carbonyl (C=O) groups excluding carboxylic acids is 1. The lowest BCUT2D eigenvalue weighted by molar-refractivity contribution is -0.682. The number of aromatic nitrogens is 5. The van der Waals surface area contributed by atoms with E-state index in [9.17, 15) is 14.9 Å². The van der Waals surface area contributed by atoms with Gasteiger partial charge in [0.25, 0.3) is 5.69 Å². The van der Waals surface area contributed by atoms with E-state index in [1.165, 1.54) is 43.6 Å². The summed E-state index contributed by atoms with van der Waals surface area (Å²) in [5, 5.41) is 25.1. The van der Waals surface area contributed by atoms with Gasteiger partial charge >= 0.3 is 0 Å². The molecule has 1 aliphatic carbocycles. The fourth-order valence-corrected chi connectivity index (χ4v) is 5.96. The van der Waals surface area contributed by atoms with Crippen molar-refractivity contribution in [2.24, 2.45) is 5.92 Å². The number of hydrogen-bond donors (Lipinski definition) is 1. The lowest BCUT2D eigenvalue weighted by Gasteiger charge is -2.30. The van der Waals surface area contributed by atoms with Crippen molar-refractivity contribution in [2.45, 2.75) is 58.5 Å². The molecule has 4 aromatic heterocycles. The highest BCUT2D eigenvalue weighted by atomic mass is 32.1. The van der Waals surface area contributed by atoms with Gasteiger partial charge in [0.1, 0.15) is 0 Å². The van der Waals surface area contributed by atoms with Crippen molar-refractivity contribution in [2.75, 3.05) is 0 Å². The SMILES string of the molecule is Cc1cc(C)n(C(c2cc(-c3ccc[n+](CC(=O)c4cc([N+](=O)[O-])cs4)c3)[nH]n2)C2CCCCC2)n1. The molecule has 0 amide bonds. The van der Waals surface area contributed by atoms with Gasteiger partial charge in [0, 0.05) is 17.8 Å². The molecule has 9 nitrogen and oxygen atoms in total. The van der Waals surface area contributed by atoms with E-state index >= 15 is 0 Å². The summed E-state index contributed by atoms with van der Waals surface area (Å²) in [6, 6.07) is 9.49. The summed E-state index contributed by atoms with van der Waals surface area (Å²) in [5.41, 5.74) is 4.85. The van der Waals surface area contributed by atoms with Gasteiger partial charge in [0.05, 0.1) is 43.9 Å². The number of nitrogens with zero attached hydrogens (tertiary/aromatic N) is 5. The number of ketones is 1. The molecule has 1 saturated carbocycles. The zero-order chi connectivity index (χ0) is 25.2. The minimum Gasteiger partial charge on any atom is -0.286 e. The molecule has 0 aromatic carbocycles. The number of aryl methyl sites for hydroxylation is 2. The van der Waals surface area contributed by atoms with Crippen LogP contribution < -0.4 is 4.57 Å². The van der Waals surface area contributed by atoms with Gasteiger partial charge in [-0.2, -0.15) is 14.8 Å². The van der Waals surface area contributed by atoms with Crippen molar-refractivity contribution in [3.05, 3.63) is 80.2 Å². The molecule has 0 radical (unpaired) electrons. The Bertz CT molecular complexity index is 1400. The third-order valence-electron chi connectivity index (χ3n) is 6.87. The normalized spacial score (nSPS) is 15.2. The predicted octanol–water partition coefficient (Wildman–Crippen LogP) is 5.20. The fraction of sp³-hybridized carbons (Fsp3) is 0.385. The van der Waals surface area contributed by atoms with Crippen LogP contribution in [0, 0.1) is 29.9 Å². The maximum atomic E-state index is 12.7. The topological polar surface area (TPSA) is 111 Å². The standard InChI is InChI=1S/C26H29N6O3S/c1-17-11-18(2)31(29-17)26(19-7-4-3-5-8-19)23-13-22(27-28-23)20-9-6-10-30(14-20)15-24(33)25-12-21(16-36-25)32(34)35/h6,9-14,16,19,26H,3-5,7-8,15H2,1-2H3,(H,27,28)/q+1. The fourth-order valence-electron chi connectivity index (χ4n) is 5.17. The molecule has 10 heteroatoms. The molecule has 1 atom stereocenters. The van der Waals surface area contributed by atoms with Gasteiger partial charge in [-0.3, -0.25) is 24.7 Å². The average molecular weight is 506 g/mol. The molecular weight excluding hydrogens is 476 g/mol. The van der Waals surface area contributed by atoms with E-state index < -0.39 is 4.92 Å². The molecule has 4 heterocycles. The van der Waals surface area contributed by atoms with Crippen molar-refractivity contribution >= 4 is 22.8 Å². The minimum absolute atomic E-state index is 0.0535. The first-order valence-electron chi connectivity index (χ1n) is 12.2. The van der Waals surface area contributed by atoms with E-state index in [1.807, 2.05) is 31.5 Å². The Morgan fingerprint density at radius 3 is 2.78 bits per heavy atom. The second-order valence-electron chi connectivity index (χ2n) is 9.54. The summed E-state index contributed by atoms with van der Waals surface area (Å²) in [5.74, 6) is 0.323. The number of carbonyl (C=O) groups is 1. The van der Waals surface area contributed by atoms with Crippen molar-refractivity contribution in [1.29, 1.82) is 0 Å². The molecule has 1 fully saturated rings. The van der Waals surface area contributed by atoms with Gasteiger partial charge in [-0.15, -0.1) is 11.3 Å². The van der Waals surface area contributed by atoms with Gasteiger partial charge in [0.15, 0.2) is 12.4 Å². The van der Waals surface area contributed by atoms with Gasteiger partial charge in [-0.05, 0) is 50.8 Å². The van der Waals surface area contributed by atoms with Gasteiger partial charge in [0.2, 0.25) is 12.3 Å². The zero-order valence-electron chi connectivity index (χ0n) is 20.4. The molecule has 0 bridgehead atoms. The Labute approximate surface area is 213 Å². The van der Waals surface area contributed by atoms with Crippen LogP contribution in [0.3, 0.4) is 0 Å². The maximum absolute atomic E-state index is 12.7. The van der Waals surface area contributed by atoms with E-state index in [-0.39, 0.29) is 24.1 Å². The summed E-state index contributed by atoms with van der Waals surface area (Å²) < 4.78 is 3.93. The molecule has 0 aliphatic heterocycles. The lowest BCUT2D eigenvalue weighted by Crippen LogP contribution is -2.37. The van der Waals surface area contributed by atoms with Crippen LogP contribution in [-0.2, 0) is 6.54 Å². The molecule has 36 heavy (non-hydrogen) atoms. The van der Waals surface area contributed by atoms with Crippen LogP contribution in [0.1, 0.15) is 64.9 Å². The third-order valence-corrected chi connectivity index (χ3v) is 7.83. The van der Waals surface area contributed by atoms with Crippen LogP contribution in [-0.4, -0.2) is 30.7 Å². The number of H-pyrrole nitrogens is 1. The Kier molecular flexibility index (Phi) is 6.77. The van der Waals surface area contributed by atoms with E-state index in [1.54, 1.807) is 4.57 Å². The predicted molar refractivity (Wildman–Crippen MR) is 136 cm³/mol. The van der Waals surface area contributed by atoms with Crippen molar-refractivity contribution in [3.63, 3.8) is 0 Å². The Balaban J connectivity index is 1.40. The van der Waals surface area contributed by atoms with Crippen molar-refractivity contribution in [3.8, 4) is 11.3 Å². The first-order chi connectivity index (χ1) is 17.4. The summed E-state index contributed by atoms with van der Waals surface area (Å²) in [7, 11) is 0. The van der Waals surface area contributed by atoms with Crippen LogP contribution in [0.15, 0.2) is 48.1 Å². The zero-order valence-corrected chi connectivity index (χ0v) is 21.2. The van der Waals surface area contributed by atoms with Crippen molar-refractivity contribution in [1.82, 2.24) is 20.0 Å². The summed E-state index contributed by atoms with van der Waals surface area (Å²) >= 11 is 1.10. The second kappa shape index (κ2) is 10.1. The van der Waals surface area contributed by atoms with Crippen LogP contribution >= 0.6 is 11.3 Å². The average Bonchev–Trinajstić information content (AvgIpc) is 3.61. The van der Waals surface area contributed by atoms with E-state index in [4.69, 9.17) is 10.2 Å². The van der Waals surface area contributed by atoms with Crippen LogP contribution in [0.2, 0.25) is 0 Å². The van der Waals surface area contributed by atoms with Crippen LogP contribution in [0.4, 0.5) is 5.69 Å². The first-order valence-corrected chi connectivity index (χ1v) is 13.1. The largest absolute Gasteiger partial charge is 0.286 e. The van der Waals surface area contributed by atoms with Gasteiger partial charge in [-0.1, -0.05) is 19.3 Å². The molecule has 0 saturated heterocycles. The van der Waals surface area contributed by atoms with Crippen molar-refractivity contribution < 1.29 is 14.3 Å². The molecule has 0 spiro atoms. The Morgan fingerprint density at radius 1 is 1.28 bits per heavy atom. The Morgan fingerprint density at radius 2 is 2.08 bits per heavy atom. The molecule has 4 aromatic rings. The Hall–Kier alpha value is -3.66. The van der Waals surface area contributed by atoms with Crippen LogP contribution in [0.25, 0.3) is 11.3 Å². The molecule has 1 aliphatic rings. The van der Waals surface area contributed by atoms with E-state index in [0.717, 1.165) is 39.7 Å². The summed E-state index contributed by atoms with van der Waals surface area (Å²) in [4.78, 5) is 23.5. The number of hydrogen-bond acceptors (Lipinski definition) is 6. The highest BCUT2D eigenvalue weighted by Gasteiger charge is 2.30. The van der Waals surface area contributed by atoms with E-state index in [0.29, 0.717) is 10.8 Å². The smallest absolute Gasteiger partial charge is 0.280 e. The van der Waals surface area contributed by atoms with Gasteiger partial charge in [-0.25, -0.2) is 0 Å². The molecule has 186 valence electrons. The van der Waals surface area contributed by atoms with E-state index in [2.05, 4.69) is 28.8 Å². The highest BCUT2D eigenvalue weighted by molar-refractivity contribution is 7.12. The summed E-state index contributed by atoms with van der Waals surface area (Å²) in [6.45, 7) is 4.22. The summed E-state index contributed by atoms with van der Waals surface area (Å²) in [6.07, 6.45) is 9.81. The van der Waals surface area contributed by atoms with Gasteiger partial charge < -0.3 is 0 Å². The first kappa shape index (κ1) is 24.1. The minimum atomic E-state index is -0.483. The quantitative estimate of drug-likeness (QED) is 0.153. The highest BCUT2D eigenvalue weighted by Crippen LogP contribution is 2.37. The number of nitrogens with one attached hydrogen (secondary N) is 1. The molecular formula is C26H29N6O3S+. The number of nitro groups is 1. The molecule has 1 unspecified atom stereocenters. The third kappa shape index (κ3) is 4.99.